The summed E-state index contributed by atoms with van der Waals surface area (Å²) in [7, 11) is 1.59. The molecule has 0 spiro atoms. The number of unbranched alkanes of at least 4 members (excludes halogenated alkanes) is 23. The largest absolute Gasteiger partial charge is 0.468 e. The van der Waals surface area contributed by atoms with Gasteiger partial charge in [-0.25, -0.2) is 0 Å². The predicted molar refractivity (Wildman–Crippen MR) is 373 cm³/mol. The summed E-state index contributed by atoms with van der Waals surface area (Å²) in [4.78, 5) is 65.8. The van der Waals surface area contributed by atoms with Gasteiger partial charge in [0.05, 0.1) is 39.6 Å². The summed E-state index contributed by atoms with van der Waals surface area (Å²) in [5.41, 5.74) is 0. The van der Waals surface area contributed by atoms with Crippen molar-refractivity contribution in [2.45, 2.75) is 354 Å². The highest BCUT2D eigenvalue weighted by Gasteiger charge is 2.15. The van der Waals surface area contributed by atoms with Crippen LogP contribution in [0.15, 0.2) is 12.7 Å². The number of carbonyl (C=O) groups excluding carboxylic acids is 6. The highest BCUT2D eigenvalue weighted by molar-refractivity contribution is 5.76. The lowest BCUT2D eigenvalue weighted by Crippen LogP contribution is -2.20. The molecular formula is C75H150O13. The van der Waals surface area contributed by atoms with Crippen molar-refractivity contribution in [1.29, 1.82) is 0 Å². The summed E-state index contributed by atoms with van der Waals surface area (Å²) in [5, 5.41) is 0. The quantitative estimate of drug-likeness (QED) is 0.0186. The van der Waals surface area contributed by atoms with Crippen molar-refractivity contribution in [1.82, 2.24) is 0 Å². The molecule has 0 heterocycles. The van der Waals surface area contributed by atoms with Crippen LogP contribution in [0.2, 0.25) is 0 Å². The molecule has 0 aromatic heterocycles. The van der Waals surface area contributed by atoms with Gasteiger partial charge < -0.3 is 38.0 Å². The Balaban J connectivity index is -0.000000188. The molecule has 0 aliphatic rings. The standard InChI is InChI=1S/C23H44O4.C16H30O4.C10H20.C8H18O.C7H16.C6H12O2.C5H10O2/c1-4-7-9-11-13-15-17-22(24)26-19-21(6-3)20-27-23(25)18-16-14-12-10-8-5-2;1-4-5-6-7-8-9-10-16(18)20-13-15(12-19-3)11-14(2)17;1-3-5-7-9-10-8-6-4-2;1-3-5-6-8-9-7-4-2;1-4-6-7(3)5-2;1-6(2)3-4-8-5-7;1-3-4-7-5(2)6/h21H,4-20H2,1-3H3;15H,4-13H2,1-3H3;3H,1,4-10H2,2H3;3-8H2,1-2H3;7H,4-6H2,1-3H3;5-6H,3-4H2,1-2H3;3-4H2,1-2H3. The molecule has 2 unspecified atom stereocenters. The van der Waals surface area contributed by atoms with Crippen molar-refractivity contribution in [2.24, 2.45) is 23.7 Å². The van der Waals surface area contributed by atoms with Crippen molar-refractivity contribution in [3.63, 3.8) is 0 Å². The van der Waals surface area contributed by atoms with Gasteiger partial charge in [-0.1, -0.05) is 257 Å². The van der Waals surface area contributed by atoms with E-state index in [-0.39, 0.29) is 48.1 Å². The van der Waals surface area contributed by atoms with Gasteiger partial charge in [0, 0.05) is 64.8 Å². The zero-order valence-electron chi connectivity index (χ0n) is 61.2. The third kappa shape index (κ3) is 107. The summed E-state index contributed by atoms with van der Waals surface area (Å²) in [6.45, 7) is 39.8. The van der Waals surface area contributed by atoms with E-state index in [2.05, 4.69) is 92.2 Å². The minimum atomic E-state index is -0.193. The molecule has 0 aliphatic carbocycles. The van der Waals surface area contributed by atoms with E-state index in [1.807, 2.05) is 19.9 Å². The first-order valence-electron chi connectivity index (χ1n) is 36.2. The minimum Gasteiger partial charge on any atom is -0.468 e. The highest BCUT2D eigenvalue weighted by atomic mass is 16.6. The van der Waals surface area contributed by atoms with Gasteiger partial charge in [-0.3, -0.25) is 24.0 Å². The third-order valence-corrected chi connectivity index (χ3v) is 14.1. The SMILES string of the molecule is C=CCCCCCCCC.CC(C)CCOC=O.CCCC(C)CC.CCCCCCCCC(=O)OCC(CC)COC(=O)CCCCCCCC.CCCCCCCCC(=O)OCC(COC)CC(C)=O.CCCCCOCCC.CCCOC(C)=O. The smallest absolute Gasteiger partial charge is 0.305 e. The second-order valence-corrected chi connectivity index (χ2v) is 24.1. The number of carbonyl (C=O) groups is 6. The lowest BCUT2D eigenvalue weighted by atomic mass is 10.0. The molecule has 0 saturated carbocycles. The molecule has 0 rings (SSSR count). The van der Waals surface area contributed by atoms with Crippen molar-refractivity contribution in [3.05, 3.63) is 12.7 Å². The molecule has 0 aliphatic heterocycles. The number of ketones is 1. The van der Waals surface area contributed by atoms with Gasteiger partial charge in [0.1, 0.15) is 5.78 Å². The summed E-state index contributed by atoms with van der Waals surface area (Å²) < 4.78 is 35.3. The van der Waals surface area contributed by atoms with Gasteiger partial charge in [-0.05, 0) is 83.0 Å². The topological polar surface area (TPSA) is 167 Å². The minimum absolute atomic E-state index is 0.0222. The van der Waals surface area contributed by atoms with Crippen LogP contribution in [0.3, 0.4) is 0 Å². The van der Waals surface area contributed by atoms with Crippen molar-refractivity contribution in [3.8, 4) is 0 Å². The number of methoxy groups -OCH3 is 1. The van der Waals surface area contributed by atoms with Crippen molar-refractivity contribution < 1.29 is 61.9 Å². The summed E-state index contributed by atoms with van der Waals surface area (Å²) in [6.07, 6.45) is 46.1. The monoisotopic (exact) mass is 1260 g/mol. The maximum atomic E-state index is 11.8. The maximum absolute atomic E-state index is 11.8. The molecule has 0 fully saturated rings. The summed E-state index contributed by atoms with van der Waals surface area (Å²) in [5.74, 6) is 1.15. The number of Topliss-reactive ketones (excluding diaryl/α,β-unsaturated/α-hetero) is 1. The molecule has 0 radical (unpaired) electrons. The Labute approximate surface area is 546 Å². The molecule has 88 heavy (non-hydrogen) atoms. The Morgan fingerprint density at radius 2 is 0.807 bits per heavy atom. The van der Waals surface area contributed by atoms with Gasteiger partial charge in [0.25, 0.3) is 6.47 Å². The molecule has 0 amide bonds. The Morgan fingerprint density at radius 1 is 0.409 bits per heavy atom. The fraction of sp³-hybridized carbons (Fsp3) is 0.893. The van der Waals surface area contributed by atoms with Crippen LogP contribution in [0.1, 0.15) is 354 Å². The van der Waals surface area contributed by atoms with E-state index in [0.717, 1.165) is 83.3 Å². The van der Waals surface area contributed by atoms with Crippen LogP contribution < -0.4 is 0 Å². The van der Waals surface area contributed by atoms with E-state index >= 15 is 0 Å². The van der Waals surface area contributed by atoms with E-state index in [9.17, 15) is 28.8 Å². The number of hydrogen-bond donors (Lipinski definition) is 0. The number of hydrogen-bond acceptors (Lipinski definition) is 13. The first-order valence-corrected chi connectivity index (χ1v) is 36.2. The lowest BCUT2D eigenvalue weighted by molar-refractivity contribution is -0.149. The van der Waals surface area contributed by atoms with Crippen LogP contribution in [0.4, 0.5) is 0 Å². The average molecular weight is 1260 g/mol. The Hall–Kier alpha value is -3.32. The number of ether oxygens (including phenoxy) is 7. The Bertz CT molecular complexity index is 1350. The van der Waals surface area contributed by atoms with Crippen LogP contribution in [-0.4, -0.2) is 96.1 Å². The van der Waals surface area contributed by atoms with Crippen LogP contribution >= 0.6 is 0 Å². The molecule has 13 nitrogen and oxygen atoms in total. The number of rotatable bonds is 54. The van der Waals surface area contributed by atoms with Crippen LogP contribution in [0, 0.1) is 23.7 Å². The van der Waals surface area contributed by atoms with Gasteiger partial charge in [0.2, 0.25) is 0 Å². The molecule has 0 bridgehead atoms. The fourth-order valence-corrected chi connectivity index (χ4v) is 8.15. The highest BCUT2D eigenvalue weighted by Crippen LogP contribution is 2.14. The van der Waals surface area contributed by atoms with Crippen molar-refractivity contribution in [2.75, 3.05) is 60.0 Å². The normalized spacial score (nSPS) is 10.9. The molecule has 0 aromatic carbocycles. The maximum Gasteiger partial charge on any atom is 0.305 e. The van der Waals surface area contributed by atoms with E-state index in [4.69, 9.17) is 23.7 Å². The van der Waals surface area contributed by atoms with Crippen LogP contribution in [0.25, 0.3) is 0 Å². The first-order chi connectivity index (χ1) is 42.4. The van der Waals surface area contributed by atoms with Gasteiger partial charge in [0.15, 0.2) is 0 Å². The van der Waals surface area contributed by atoms with E-state index < -0.39 is 0 Å². The molecule has 2 atom stereocenters. The zero-order valence-corrected chi connectivity index (χ0v) is 61.2. The molecular weight excluding hydrogens is 1110 g/mol. The lowest BCUT2D eigenvalue weighted by Gasteiger charge is -2.15. The average Bonchev–Trinajstić information content (AvgIpc) is 3.55. The third-order valence-electron chi connectivity index (χ3n) is 14.1. The van der Waals surface area contributed by atoms with Gasteiger partial charge in [-0.15, -0.1) is 6.58 Å². The van der Waals surface area contributed by atoms with Gasteiger partial charge >= 0.3 is 23.9 Å². The van der Waals surface area contributed by atoms with Crippen LogP contribution in [0.5, 0.6) is 0 Å². The Kier molecular flexibility index (Phi) is 101. The molecule has 0 N–H and O–H groups in total. The molecule has 528 valence electrons. The predicted octanol–water partition coefficient (Wildman–Crippen LogP) is 21.6. The second kappa shape index (κ2) is 90.1. The summed E-state index contributed by atoms with van der Waals surface area (Å²) in [6, 6.07) is 0. The molecule has 0 saturated heterocycles. The van der Waals surface area contributed by atoms with E-state index in [0.29, 0.717) is 71.1 Å². The van der Waals surface area contributed by atoms with Crippen molar-refractivity contribution >= 4 is 36.1 Å². The Morgan fingerprint density at radius 3 is 1.11 bits per heavy atom. The number of esters is 4. The molecule has 0 aromatic rings. The van der Waals surface area contributed by atoms with E-state index in [1.165, 1.54) is 167 Å². The summed E-state index contributed by atoms with van der Waals surface area (Å²) >= 11 is 0. The van der Waals surface area contributed by atoms with Gasteiger partial charge in [-0.2, -0.15) is 0 Å². The van der Waals surface area contributed by atoms with E-state index in [1.54, 1.807) is 14.0 Å². The first kappa shape index (κ1) is 98.3. The zero-order chi connectivity index (χ0) is 67.8. The fourth-order valence-electron chi connectivity index (χ4n) is 8.15. The van der Waals surface area contributed by atoms with Crippen LogP contribution in [-0.2, 0) is 61.9 Å². The molecule has 13 heteroatoms. The number of allylic oxidation sites excluding steroid dienone is 1. The second-order valence-electron chi connectivity index (χ2n) is 24.1.